The number of hydrogen-bond acceptors (Lipinski definition) is 3. The second-order valence-electron chi connectivity index (χ2n) is 4.26. The molecule has 1 heterocycles. The molecule has 1 aliphatic carbocycles. The largest absolute Gasteiger partial charge is 0.396 e. The Bertz CT molecular complexity index is 386. The van der Waals surface area contributed by atoms with Crippen LogP contribution in [0, 0.1) is 5.92 Å². The third kappa shape index (κ3) is 3.42. The van der Waals surface area contributed by atoms with Gasteiger partial charge < -0.3 is 10.4 Å². The average molecular weight is 235 g/mol. The van der Waals surface area contributed by atoms with Crippen molar-refractivity contribution < 1.29 is 9.90 Å². The van der Waals surface area contributed by atoms with Gasteiger partial charge in [-0.05, 0) is 12.5 Å². The molecule has 5 nitrogen and oxygen atoms in total. The Hall–Kier alpha value is -1.62. The molecule has 0 bridgehead atoms. The first-order chi connectivity index (χ1) is 8.28. The van der Waals surface area contributed by atoms with Crippen LogP contribution in [0.5, 0.6) is 0 Å². The molecule has 5 heteroatoms. The standard InChI is InChI=1S/C12H17N3O2/c16-9-10-2-3-11(8-10)14-12(17)4-7-15-6-1-5-13-15/h1-3,5-6,10-11,16H,4,7-9H2,(H,14,17)/t10-,11+/m0/s1. The van der Waals surface area contributed by atoms with Crippen LogP contribution in [-0.4, -0.2) is 33.4 Å². The minimum atomic E-state index is 0.0220. The van der Waals surface area contributed by atoms with E-state index < -0.39 is 0 Å². The van der Waals surface area contributed by atoms with Crippen LogP contribution in [0.25, 0.3) is 0 Å². The fourth-order valence-electron chi connectivity index (χ4n) is 1.94. The van der Waals surface area contributed by atoms with Gasteiger partial charge in [0, 0.05) is 43.9 Å². The second-order valence-corrected chi connectivity index (χ2v) is 4.26. The number of aromatic nitrogens is 2. The first-order valence-electron chi connectivity index (χ1n) is 5.84. The predicted octanol–water partition coefficient (Wildman–Crippen LogP) is 0.326. The highest BCUT2D eigenvalue weighted by Crippen LogP contribution is 2.16. The van der Waals surface area contributed by atoms with E-state index in [4.69, 9.17) is 5.11 Å². The summed E-state index contributed by atoms with van der Waals surface area (Å²) >= 11 is 0. The highest BCUT2D eigenvalue weighted by Gasteiger charge is 2.19. The maximum atomic E-state index is 11.6. The Morgan fingerprint density at radius 2 is 2.41 bits per heavy atom. The Kier molecular flexibility index (Phi) is 3.93. The van der Waals surface area contributed by atoms with E-state index in [1.807, 2.05) is 24.4 Å². The van der Waals surface area contributed by atoms with Crippen LogP contribution in [0.15, 0.2) is 30.6 Å². The summed E-state index contributed by atoms with van der Waals surface area (Å²) in [6.07, 6.45) is 8.67. The van der Waals surface area contributed by atoms with Crippen molar-refractivity contribution in [2.24, 2.45) is 5.92 Å². The highest BCUT2D eigenvalue weighted by atomic mass is 16.3. The Balaban J connectivity index is 1.70. The molecule has 2 atom stereocenters. The third-order valence-electron chi connectivity index (χ3n) is 2.88. The van der Waals surface area contributed by atoms with Gasteiger partial charge in [0.05, 0.1) is 0 Å². The molecule has 1 aliphatic rings. The molecule has 0 spiro atoms. The third-order valence-corrected chi connectivity index (χ3v) is 2.88. The summed E-state index contributed by atoms with van der Waals surface area (Å²) in [5.74, 6) is 0.208. The maximum Gasteiger partial charge on any atom is 0.222 e. The van der Waals surface area contributed by atoms with Crippen LogP contribution in [0.3, 0.4) is 0 Å². The molecule has 1 aromatic heterocycles. The van der Waals surface area contributed by atoms with E-state index in [0.717, 1.165) is 6.42 Å². The Morgan fingerprint density at radius 1 is 1.53 bits per heavy atom. The summed E-state index contributed by atoms with van der Waals surface area (Å²) in [7, 11) is 0. The minimum absolute atomic E-state index is 0.0220. The van der Waals surface area contributed by atoms with Gasteiger partial charge in [0.25, 0.3) is 0 Å². The van der Waals surface area contributed by atoms with Crippen molar-refractivity contribution in [2.45, 2.75) is 25.4 Å². The van der Waals surface area contributed by atoms with Gasteiger partial charge in [-0.3, -0.25) is 9.48 Å². The Labute approximate surface area is 100 Å². The molecule has 92 valence electrons. The van der Waals surface area contributed by atoms with Crippen molar-refractivity contribution in [3.8, 4) is 0 Å². The second kappa shape index (κ2) is 5.63. The minimum Gasteiger partial charge on any atom is -0.396 e. The topological polar surface area (TPSA) is 67.2 Å². The molecule has 0 fully saturated rings. The SMILES string of the molecule is O=C(CCn1cccn1)N[C@@H]1C=C[C@H](CO)C1. The number of hydrogen-bond donors (Lipinski definition) is 2. The van der Waals surface area contributed by atoms with E-state index in [1.54, 1.807) is 10.9 Å². The van der Waals surface area contributed by atoms with Gasteiger partial charge in [-0.2, -0.15) is 5.10 Å². The van der Waals surface area contributed by atoms with E-state index >= 15 is 0 Å². The van der Waals surface area contributed by atoms with Gasteiger partial charge in [0.15, 0.2) is 0 Å². The van der Waals surface area contributed by atoms with Gasteiger partial charge >= 0.3 is 0 Å². The first kappa shape index (κ1) is 11.9. The van der Waals surface area contributed by atoms with E-state index in [0.29, 0.717) is 13.0 Å². The number of carbonyl (C=O) groups is 1. The van der Waals surface area contributed by atoms with Gasteiger partial charge in [-0.15, -0.1) is 0 Å². The van der Waals surface area contributed by atoms with Crippen molar-refractivity contribution in [3.63, 3.8) is 0 Å². The van der Waals surface area contributed by atoms with E-state index in [1.165, 1.54) is 0 Å². The van der Waals surface area contributed by atoms with Gasteiger partial charge in [-0.1, -0.05) is 12.2 Å². The zero-order valence-corrected chi connectivity index (χ0v) is 9.62. The van der Waals surface area contributed by atoms with Crippen molar-refractivity contribution in [1.29, 1.82) is 0 Å². The van der Waals surface area contributed by atoms with Crippen molar-refractivity contribution >= 4 is 5.91 Å². The molecule has 1 aromatic rings. The van der Waals surface area contributed by atoms with Crippen molar-refractivity contribution in [2.75, 3.05) is 6.61 Å². The molecule has 0 radical (unpaired) electrons. The van der Waals surface area contributed by atoms with E-state index in [2.05, 4.69) is 10.4 Å². The van der Waals surface area contributed by atoms with Gasteiger partial charge in [-0.25, -0.2) is 0 Å². The van der Waals surface area contributed by atoms with Gasteiger partial charge in [0.1, 0.15) is 0 Å². The van der Waals surface area contributed by atoms with Crippen LogP contribution < -0.4 is 5.32 Å². The molecule has 0 aliphatic heterocycles. The lowest BCUT2D eigenvalue weighted by molar-refractivity contribution is -0.121. The van der Waals surface area contributed by atoms with Crippen molar-refractivity contribution in [3.05, 3.63) is 30.6 Å². The molecule has 0 aromatic carbocycles. The molecule has 17 heavy (non-hydrogen) atoms. The first-order valence-corrected chi connectivity index (χ1v) is 5.84. The van der Waals surface area contributed by atoms with Crippen LogP contribution in [-0.2, 0) is 11.3 Å². The lowest BCUT2D eigenvalue weighted by Crippen LogP contribution is -2.33. The van der Waals surface area contributed by atoms with Crippen LogP contribution >= 0.6 is 0 Å². The number of rotatable bonds is 5. The number of aliphatic hydroxyl groups is 1. The van der Waals surface area contributed by atoms with Crippen LogP contribution in [0.4, 0.5) is 0 Å². The zero-order chi connectivity index (χ0) is 12.1. The monoisotopic (exact) mass is 235 g/mol. The van der Waals surface area contributed by atoms with Crippen LogP contribution in [0.2, 0.25) is 0 Å². The zero-order valence-electron chi connectivity index (χ0n) is 9.62. The highest BCUT2D eigenvalue weighted by molar-refractivity contribution is 5.76. The summed E-state index contributed by atoms with van der Waals surface area (Å²) in [4.78, 5) is 11.6. The molecule has 2 N–H and O–H groups in total. The lowest BCUT2D eigenvalue weighted by Gasteiger charge is -2.12. The summed E-state index contributed by atoms with van der Waals surface area (Å²) < 4.78 is 1.74. The number of nitrogens with zero attached hydrogens (tertiary/aromatic N) is 2. The smallest absolute Gasteiger partial charge is 0.222 e. The summed E-state index contributed by atoms with van der Waals surface area (Å²) in [6, 6.07) is 1.90. The number of aliphatic hydroxyl groups excluding tert-OH is 1. The average Bonchev–Trinajstić information content (AvgIpc) is 2.97. The molecule has 0 saturated heterocycles. The fraction of sp³-hybridized carbons (Fsp3) is 0.500. The number of aryl methyl sites for hydroxylation is 1. The summed E-state index contributed by atoms with van der Waals surface area (Å²) in [5.41, 5.74) is 0. The number of carbonyl (C=O) groups excluding carboxylic acids is 1. The lowest BCUT2D eigenvalue weighted by atomic mass is 10.1. The van der Waals surface area contributed by atoms with Crippen LogP contribution in [0.1, 0.15) is 12.8 Å². The Morgan fingerprint density at radius 3 is 3.06 bits per heavy atom. The quantitative estimate of drug-likeness (QED) is 0.723. The molecule has 0 unspecified atom stereocenters. The fourth-order valence-corrected chi connectivity index (χ4v) is 1.94. The number of nitrogens with one attached hydrogen (secondary N) is 1. The maximum absolute atomic E-state index is 11.6. The summed E-state index contributed by atoms with van der Waals surface area (Å²) in [6.45, 7) is 0.745. The summed E-state index contributed by atoms with van der Waals surface area (Å²) in [5, 5.41) is 15.9. The number of amides is 1. The molecule has 0 saturated carbocycles. The van der Waals surface area contributed by atoms with Crippen molar-refractivity contribution in [1.82, 2.24) is 15.1 Å². The molecule has 1 amide bonds. The molecular formula is C12H17N3O2. The van der Waals surface area contributed by atoms with E-state index in [-0.39, 0.29) is 24.5 Å². The van der Waals surface area contributed by atoms with Gasteiger partial charge in [0.2, 0.25) is 5.91 Å². The molecule has 2 rings (SSSR count). The predicted molar refractivity (Wildman–Crippen MR) is 63.1 cm³/mol. The van der Waals surface area contributed by atoms with E-state index in [9.17, 15) is 4.79 Å². The normalized spacial score (nSPS) is 22.9. The molecular weight excluding hydrogens is 218 g/mol.